The van der Waals surface area contributed by atoms with Crippen LogP contribution in [0.1, 0.15) is 18.4 Å². The van der Waals surface area contributed by atoms with Gasteiger partial charge in [-0.1, -0.05) is 18.2 Å². The van der Waals surface area contributed by atoms with E-state index in [1.165, 1.54) is 4.90 Å². The highest BCUT2D eigenvalue weighted by molar-refractivity contribution is 6.01. The van der Waals surface area contributed by atoms with Gasteiger partial charge in [0, 0.05) is 43.7 Å². The number of urea groups is 1. The highest BCUT2D eigenvalue weighted by Crippen LogP contribution is 2.17. The Hall–Kier alpha value is -3.36. The number of nitrogens with zero attached hydrogens (tertiary/aromatic N) is 2. The first-order valence-electron chi connectivity index (χ1n) is 9.48. The largest absolute Gasteiger partial charge is 0.456 e. The van der Waals surface area contributed by atoms with Gasteiger partial charge in [-0.15, -0.1) is 0 Å². The van der Waals surface area contributed by atoms with Crippen molar-refractivity contribution in [2.45, 2.75) is 19.3 Å². The lowest BCUT2D eigenvalue weighted by molar-refractivity contribution is -0.148. The van der Waals surface area contributed by atoms with Gasteiger partial charge in [-0.2, -0.15) is 0 Å². The lowest BCUT2D eigenvalue weighted by Gasteiger charge is -2.13. The number of esters is 1. The third-order valence-corrected chi connectivity index (χ3v) is 4.75. The molecule has 1 aliphatic rings. The average molecular weight is 400 g/mol. The number of para-hydroxylation sites is 1. The molecule has 0 bridgehead atoms. The van der Waals surface area contributed by atoms with Crippen LogP contribution in [0.25, 0.3) is 10.9 Å². The van der Waals surface area contributed by atoms with Crippen LogP contribution in [0.5, 0.6) is 0 Å². The second kappa shape index (κ2) is 9.22. The van der Waals surface area contributed by atoms with Crippen molar-refractivity contribution in [3.63, 3.8) is 0 Å². The molecule has 0 radical (unpaired) electrons. The summed E-state index contributed by atoms with van der Waals surface area (Å²) in [6.07, 6.45) is 2.91. The molecule has 0 saturated carbocycles. The van der Waals surface area contributed by atoms with Crippen LogP contribution in [-0.4, -0.2) is 71.9 Å². The number of hydrogen-bond acceptors (Lipinski definition) is 5. The van der Waals surface area contributed by atoms with Gasteiger partial charge in [0.1, 0.15) is 6.54 Å². The van der Waals surface area contributed by atoms with E-state index in [1.807, 2.05) is 30.5 Å². The van der Waals surface area contributed by atoms with E-state index in [2.05, 4.69) is 10.3 Å². The third kappa shape index (κ3) is 5.13. The second-order valence-electron chi connectivity index (χ2n) is 6.91. The van der Waals surface area contributed by atoms with E-state index in [-0.39, 0.29) is 44.0 Å². The number of amides is 4. The Morgan fingerprint density at radius 1 is 1.24 bits per heavy atom. The second-order valence-corrected chi connectivity index (χ2v) is 6.91. The van der Waals surface area contributed by atoms with Gasteiger partial charge in [-0.25, -0.2) is 4.79 Å². The number of rotatable bonds is 9. The van der Waals surface area contributed by atoms with Crippen LogP contribution in [0.3, 0.4) is 0 Å². The number of ether oxygens (including phenoxy) is 1. The fourth-order valence-corrected chi connectivity index (χ4v) is 3.21. The number of nitrogens with one attached hydrogen (secondary N) is 2. The predicted molar refractivity (Wildman–Crippen MR) is 105 cm³/mol. The minimum absolute atomic E-state index is 0.0311. The summed E-state index contributed by atoms with van der Waals surface area (Å²) in [6.45, 7) is 0.303. The summed E-state index contributed by atoms with van der Waals surface area (Å²) in [5.74, 6) is -1.19. The van der Waals surface area contributed by atoms with Crippen LogP contribution >= 0.6 is 0 Å². The number of imide groups is 1. The van der Waals surface area contributed by atoms with Gasteiger partial charge in [-0.05, 0) is 24.5 Å². The van der Waals surface area contributed by atoms with Gasteiger partial charge in [0.25, 0.3) is 5.91 Å². The summed E-state index contributed by atoms with van der Waals surface area (Å²) in [5.41, 5.74) is 2.15. The number of carbonyl (C=O) groups excluding carboxylic acids is 4. The predicted octanol–water partition coefficient (Wildman–Crippen LogP) is 1.04. The number of benzene rings is 1. The van der Waals surface area contributed by atoms with Crippen molar-refractivity contribution in [3.8, 4) is 0 Å². The number of carbonyl (C=O) groups is 4. The van der Waals surface area contributed by atoms with Crippen molar-refractivity contribution in [2.24, 2.45) is 0 Å². The fraction of sp³-hybridized carbons (Fsp3) is 0.400. The van der Waals surface area contributed by atoms with Crippen molar-refractivity contribution in [2.75, 3.05) is 33.3 Å². The maximum Gasteiger partial charge on any atom is 0.326 e. The van der Waals surface area contributed by atoms with E-state index in [9.17, 15) is 19.2 Å². The Bertz CT molecular complexity index is 922. The zero-order valence-electron chi connectivity index (χ0n) is 16.3. The van der Waals surface area contributed by atoms with Crippen LogP contribution in [0.4, 0.5) is 4.79 Å². The number of likely N-dealkylation sites (N-methyl/N-ethyl adjacent to an activating group) is 1. The van der Waals surface area contributed by atoms with Gasteiger partial charge < -0.3 is 19.9 Å². The normalized spacial score (nSPS) is 14.0. The summed E-state index contributed by atoms with van der Waals surface area (Å²) in [4.78, 5) is 52.6. The molecule has 2 heterocycles. The molecule has 1 fully saturated rings. The van der Waals surface area contributed by atoms with Crippen molar-refractivity contribution < 1.29 is 23.9 Å². The van der Waals surface area contributed by atoms with E-state index in [0.717, 1.165) is 21.4 Å². The number of aromatic nitrogens is 1. The Labute approximate surface area is 168 Å². The smallest absolute Gasteiger partial charge is 0.326 e. The molecular formula is C20H24N4O5. The number of fused-ring (bicyclic) bond motifs is 1. The van der Waals surface area contributed by atoms with Crippen LogP contribution in [0.15, 0.2) is 30.5 Å². The minimum atomic E-state index is -0.538. The molecule has 4 amide bonds. The zero-order valence-corrected chi connectivity index (χ0v) is 16.3. The summed E-state index contributed by atoms with van der Waals surface area (Å²) < 4.78 is 4.95. The molecule has 1 aromatic heterocycles. The van der Waals surface area contributed by atoms with Crippen LogP contribution in [0.2, 0.25) is 0 Å². The molecule has 1 aliphatic heterocycles. The summed E-state index contributed by atoms with van der Waals surface area (Å²) in [7, 11) is 1.55. The van der Waals surface area contributed by atoms with E-state index < -0.39 is 5.97 Å². The van der Waals surface area contributed by atoms with Gasteiger partial charge in [-0.3, -0.25) is 19.3 Å². The number of hydrogen-bond donors (Lipinski definition) is 2. The first kappa shape index (κ1) is 20.4. The quantitative estimate of drug-likeness (QED) is 0.483. The standard InChI is InChI=1S/C20H24N4O5/c1-23-12-18(26)24(20(23)28)10-4-7-19(27)29-13-17(25)21-9-8-14-11-22-16-6-3-2-5-15(14)16/h2-3,5-6,11,22H,4,7-10,12-13H2,1H3,(H,21,25). The molecule has 29 heavy (non-hydrogen) atoms. The first-order chi connectivity index (χ1) is 14.0. The minimum Gasteiger partial charge on any atom is -0.456 e. The van der Waals surface area contributed by atoms with E-state index in [4.69, 9.17) is 4.74 Å². The van der Waals surface area contributed by atoms with Gasteiger partial charge in [0.2, 0.25) is 5.91 Å². The summed E-state index contributed by atoms with van der Waals surface area (Å²) in [6, 6.07) is 7.57. The highest BCUT2D eigenvalue weighted by Gasteiger charge is 2.32. The average Bonchev–Trinajstić information content (AvgIpc) is 3.22. The summed E-state index contributed by atoms with van der Waals surface area (Å²) in [5, 5.41) is 3.84. The van der Waals surface area contributed by atoms with Crippen molar-refractivity contribution in [1.29, 1.82) is 0 Å². The van der Waals surface area contributed by atoms with E-state index >= 15 is 0 Å². The molecule has 3 rings (SSSR count). The molecule has 2 N–H and O–H groups in total. The highest BCUT2D eigenvalue weighted by atomic mass is 16.5. The summed E-state index contributed by atoms with van der Waals surface area (Å²) >= 11 is 0. The van der Waals surface area contributed by atoms with Gasteiger partial charge in [0.05, 0.1) is 0 Å². The lowest BCUT2D eigenvalue weighted by atomic mass is 10.1. The first-order valence-corrected chi connectivity index (χ1v) is 9.48. The van der Waals surface area contributed by atoms with Gasteiger partial charge in [0.15, 0.2) is 6.61 Å². The maximum absolute atomic E-state index is 11.8. The van der Waals surface area contributed by atoms with Crippen LogP contribution in [-0.2, 0) is 25.5 Å². The SMILES string of the molecule is CN1CC(=O)N(CCCC(=O)OCC(=O)NCCc2c[nH]c3ccccc23)C1=O. The number of aromatic amines is 1. The van der Waals surface area contributed by atoms with Crippen LogP contribution in [0, 0.1) is 0 Å². The molecule has 0 aliphatic carbocycles. The van der Waals surface area contributed by atoms with Gasteiger partial charge >= 0.3 is 12.0 Å². The monoisotopic (exact) mass is 400 g/mol. The Kier molecular flexibility index (Phi) is 6.48. The molecule has 0 unspecified atom stereocenters. The molecule has 1 aromatic carbocycles. The Morgan fingerprint density at radius 2 is 2.03 bits per heavy atom. The third-order valence-electron chi connectivity index (χ3n) is 4.75. The molecule has 9 nitrogen and oxygen atoms in total. The molecule has 0 spiro atoms. The molecule has 0 atom stereocenters. The molecule has 2 aromatic rings. The van der Waals surface area contributed by atoms with E-state index in [1.54, 1.807) is 7.05 Å². The van der Waals surface area contributed by atoms with Crippen molar-refractivity contribution >= 4 is 34.7 Å². The molecular weight excluding hydrogens is 376 g/mol. The van der Waals surface area contributed by atoms with Crippen LogP contribution < -0.4 is 5.32 Å². The Balaban J connectivity index is 1.30. The topological polar surface area (TPSA) is 112 Å². The molecule has 154 valence electrons. The van der Waals surface area contributed by atoms with E-state index in [0.29, 0.717) is 19.4 Å². The molecule has 1 saturated heterocycles. The van der Waals surface area contributed by atoms with Crippen molar-refractivity contribution in [3.05, 3.63) is 36.0 Å². The lowest BCUT2D eigenvalue weighted by Crippen LogP contribution is -2.33. The zero-order chi connectivity index (χ0) is 20.8. The number of H-pyrrole nitrogens is 1. The fourth-order valence-electron chi connectivity index (χ4n) is 3.21. The Morgan fingerprint density at radius 3 is 2.79 bits per heavy atom. The molecule has 9 heteroatoms. The maximum atomic E-state index is 11.8. The van der Waals surface area contributed by atoms with Crippen molar-refractivity contribution in [1.82, 2.24) is 20.1 Å².